The topological polar surface area (TPSA) is 90.7 Å². The molecular formula is C19H23N3O4S. The molecule has 0 N–H and O–H groups in total. The lowest BCUT2D eigenvalue weighted by Gasteiger charge is -2.42. The molecule has 1 saturated carbocycles. The number of rotatable bonds is 5. The van der Waals surface area contributed by atoms with E-state index >= 15 is 0 Å². The molecule has 27 heavy (non-hydrogen) atoms. The number of ether oxygens (including phenoxy) is 1. The number of morpholine rings is 1. The monoisotopic (exact) mass is 389 g/mol. The molecule has 1 aromatic rings. The number of hydrogen-bond acceptors (Lipinski definition) is 5. The van der Waals surface area contributed by atoms with E-state index in [0.717, 1.165) is 12.0 Å². The first-order valence-electron chi connectivity index (χ1n) is 8.94. The second-order valence-electron chi connectivity index (χ2n) is 6.81. The Labute approximate surface area is 159 Å². The number of carbonyl (C=O) groups excluding carboxylic acids is 1. The molecule has 1 amide bonds. The third kappa shape index (κ3) is 3.90. The van der Waals surface area contributed by atoms with Gasteiger partial charge in [0.15, 0.2) is 0 Å². The van der Waals surface area contributed by atoms with Crippen LogP contribution in [0.3, 0.4) is 0 Å². The van der Waals surface area contributed by atoms with E-state index in [2.05, 4.69) is 6.07 Å². The fourth-order valence-electron chi connectivity index (χ4n) is 3.21. The van der Waals surface area contributed by atoms with Crippen molar-refractivity contribution in [1.82, 2.24) is 9.21 Å². The SMILES string of the molecule is CN(C(=O)/C=C/c1ccc(S(=O)(=O)N2CCOCC2)cc1)C1(C#N)CCC1. The zero-order valence-corrected chi connectivity index (χ0v) is 16.1. The Kier molecular flexibility index (Phi) is 5.65. The first kappa shape index (κ1) is 19.5. The van der Waals surface area contributed by atoms with Crippen LogP contribution in [0, 0.1) is 11.3 Å². The van der Waals surface area contributed by atoms with E-state index in [1.807, 2.05) is 0 Å². The number of likely N-dealkylation sites (N-methyl/N-ethyl adjacent to an activating group) is 1. The summed E-state index contributed by atoms with van der Waals surface area (Å²) in [7, 11) is -1.88. The molecular weight excluding hydrogens is 366 g/mol. The summed E-state index contributed by atoms with van der Waals surface area (Å²) in [5.74, 6) is -0.235. The minimum absolute atomic E-state index is 0.225. The Balaban J connectivity index is 1.68. The van der Waals surface area contributed by atoms with Crippen LogP contribution in [0.4, 0.5) is 0 Å². The van der Waals surface area contributed by atoms with Crippen molar-refractivity contribution in [2.24, 2.45) is 0 Å². The Morgan fingerprint density at radius 3 is 2.41 bits per heavy atom. The molecule has 2 aliphatic rings. The summed E-state index contributed by atoms with van der Waals surface area (Å²) < 4.78 is 31.8. The molecule has 1 aliphatic heterocycles. The number of hydrogen-bond donors (Lipinski definition) is 0. The van der Waals surface area contributed by atoms with Crippen LogP contribution in [0.2, 0.25) is 0 Å². The summed E-state index contributed by atoms with van der Waals surface area (Å²) in [5, 5.41) is 9.32. The van der Waals surface area contributed by atoms with Crippen LogP contribution >= 0.6 is 0 Å². The van der Waals surface area contributed by atoms with Crippen LogP contribution in [-0.2, 0) is 19.6 Å². The van der Waals surface area contributed by atoms with Crippen molar-refractivity contribution in [2.75, 3.05) is 33.4 Å². The van der Waals surface area contributed by atoms with Gasteiger partial charge in [-0.05, 0) is 43.0 Å². The highest BCUT2D eigenvalue weighted by Crippen LogP contribution is 2.36. The number of benzene rings is 1. The fourth-order valence-corrected chi connectivity index (χ4v) is 4.62. The van der Waals surface area contributed by atoms with E-state index in [0.29, 0.717) is 39.1 Å². The summed E-state index contributed by atoms with van der Waals surface area (Å²) >= 11 is 0. The molecule has 0 bridgehead atoms. The van der Waals surface area contributed by atoms with Crippen molar-refractivity contribution in [1.29, 1.82) is 5.26 Å². The van der Waals surface area contributed by atoms with Gasteiger partial charge in [0, 0.05) is 26.2 Å². The van der Waals surface area contributed by atoms with Crippen molar-refractivity contribution >= 4 is 22.0 Å². The molecule has 1 aromatic carbocycles. The van der Waals surface area contributed by atoms with Crippen LogP contribution in [0.25, 0.3) is 6.08 Å². The second-order valence-corrected chi connectivity index (χ2v) is 8.75. The van der Waals surface area contributed by atoms with Gasteiger partial charge in [-0.15, -0.1) is 0 Å². The van der Waals surface area contributed by atoms with Gasteiger partial charge in [-0.25, -0.2) is 8.42 Å². The van der Waals surface area contributed by atoms with Crippen molar-refractivity contribution in [3.05, 3.63) is 35.9 Å². The Morgan fingerprint density at radius 1 is 1.26 bits per heavy atom. The van der Waals surface area contributed by atoms with Crippen molar-refractivity contribution in [2.45, 2.75) is 29.7 Å². The first-order chi connectivity index (χ1) is 12.9. The molecule has 1 saturated heterocycles. The lowest BCUT2D eigenvalue weighted by Crippen LogP contribution is -2.52. The van der Waals surface area contributed by atoms with Gasteiger partial charge in [0.2, 0.25) is 15.9 Å². The quantitative estimate of drug-likeness (QED) is 0.714. The molecule has 0 aromatic heterocycles. The summed E-state index contributed by atoms with van der Waals surface area (Å²) in [4.78, 5) is 14.0. The summed E-state index contributed by atoms with van der Waals surface area (Å²) in [5.41, 5.74) is 0.0367. The number of amides is 1. The summed E-state index contributed by atoms with van der Waals surface area (Å²) in [6, 6.07) is 8.66. The molecule has 0 spiro atoms. The first-order valence-corrected chi connectivity index (χ1v) is 10.4. The van der Waals surface area contributed by atoms with Crippen molar-refractivity contribution < 1.29 is 17.9 Å². The molecule has 0 atom stereocenters. The van der Waals surface area contributed by atoms with E-state index in [4.69, 9.17) is 4.74 Å². The van der Waals surface area contributed by atoms with E-state index in [9.17, 15) is 18.5 Å². The van der Waals surface area contributed by atoms with Gasteiger partial charge in [-0.2, -0.15) is 9.57 Å². The smallest absolute Gasteiger partial charge is 0.247 e. The number of nitrogens with zero attached hydrogens (tertiary/aromatic N) is 3. The molecule has 144 valence electrons. The molecule has 1 heterocycles. The zero-order valence-electron chi connectivity index (χ0n) is 15.3. The summed E-state index contributed by atoms with van der Waals surface area (Å²) in [6.07, 6.45) is 5.41. The van der Waals surface area contributed by atoms with Gasteiger partial charge in [0.05, 0.1) is 24.2 Å². The van der Waals surface area contributed by atoms with E-state index < -0.39 is 15.6 Å². The normalized spacial score (nSPS) is 20.0. The Morgan fingerprint density at radius 2 is 1.89 bits per heavy atom. The molecule has 8 heteroatoms. The van der Waals surface area contributed by atoms with E-state index in [1.54, 1.807) is 37.4 Å². The highest BCUT2D eigenvalue weighted by molar-refractivity contribution is 7.89. The average Bonchev–Trinajstić information content (AvgIpc) is 2.66. The Bertz CT molecular complexity index is 861. The number of sulfonamides is 1. The van der Waals surface area contributed by atoms with E-state index in [1.165, 1.54) is 15.3 Å². The lowest BCUT2D eigenvalue weighted by atomic mass is 9.76. The van der Waals surface area contributed by atoms with E-state index in [-0.39, 0.29) is 10.8 Å². The maximum Gasteiger partial charge on any atom is 0.247 e. The number of carbonyl (C=O) groups is 1. The number of nitriles is 1. The van der Waals surface area contributed by atoms with Gasteiger partial charge in [-0.3, -0.25) is 4.79 Å². The Hall–Kier alpha value is -2.21. The lowest BCUT2D eigenvalue weighted by molar-refractivity contribution is -0.130. The fraction of sp³-hybridized carbons (Fsp3) is 0.474. The van der Waals surface area contributed by atoms with Gasteiger partial charge in [0.25, 0.3) is 0 Å². The largest absolute Gasteiger partial charge is 0.379 e. The van der Waals surface area contributed by atoms with Crippen LogP contribution in [0.1, 0.15) is 24.8 Å². The zero-order chi connectivity index (χ0) is 19.5. The predicted octanol–water partition coefficient (Wildman–Crippen LogP) is 1.63. The average molecular weight is 389 g/mol. The van der Waals surface area contributed by atoms with Gasteiger partial charge in [-0.1, -0.05) is 12.1 Å². The molecule has 3 rings (SSSR count). The molecule has 0 unspecified atom stereocenters. The minimum atomic E-state index is -3.52. The highest BCUT2D eigenvalue weighted by Gasteiger charge is 2.42. The minimum Gasteiger partial charge on any atom is -0.379 e. The second kappa shape index (κ2) is 7.80. The molecule has 7 nitrogen and oxygen atoms in total. The van der Waals surface area contributed by atoms with Gasteiger partial charge >= 0.3 is 0 Å². The van der Waals surface area contributed by atoms with Crippen molar-refractivity contribution in [3.63, 3.8) is 0 Å². The summed E-state index contributed by atoms with van der Waals surface area (Å²) in [6.45, 7) is 1.51. The van der Waals surface area contributed by atoms with Crippen LogP contribution in [-0.4, -0.2) is 62.4 Å². The third-order valence-electron chi connectivity index (χ3n) is 5.27. The molecule has 1 aliphatic carbocycles. The van der Waals surface area contributed by atoms with Crippen LogP contribution < -0.4 is 0 Å². The maximum absolute atomic E-state index is 12.6. The maximum atomic E-state index is 12.6. The van der Waals surface area contributed by atoms with Crippen molar-refractivity contribution in [3.8, 4) is 6.07 Å². The predicted molar refractivity (Wildman–Crippen MR) is 100 cm³/mol. The van der Waals surface area contributed by atoms with Crippen LogP contribution in [0.15, 0.2) is 35.2 Å². The van der Waals surface area contributed by atoms with Gasteiger partial charge in [0.1, 0.15) is 5.54 Å². The molecule has 2 fully saturated rings. The molecule has 0 radical (unpaired) electrons. The highest BCUT2D eigenvalue weighted by atomic mass is 32.2. The third-order valence-corrected chi connectivity index (χ3v) is 7.18. The standard InChI is InChI=1S/C19H23N3O4S/c1-21(19(15-20)9-2-10-19)18(23)8-5-16-3-6-17(7-4-16)27(24,25)22-11-13-26-14-12-22/h3-8H,2,9-14H2,1H3/b8-5+. The van der Waals surface area contributed by atoms with Gasteiger partial charge < -0.3 is 9.64 Å². The van der Waals surface area contributed by atoms with Crippen LogP contribution in [0.5, 0.6) is 0 Å².